The van der Waals surface area contributed by atoms with Crippen molar-refractivity contribution in [2.24, 2.45) is 5.73 Å². The molecule has 3 N–H and O–H groups in total. The third kappa shape index (κ3) is 5.04. The average Bonchev–Trinajstić information content (AvgIpc) is 2.30. The van der Waals surface area contributed by atoms with Crippen LogP contribution in [0.15, 0.2) is 18.2 Å². The number of anilines is 1. The number of ether oxygens (including phenoxy) is 1. The van der Waals surface area contributed by atoms with Gasteiger partial charge < -0.3 is 15.8 Å². The molecular weight excluding hydrogens is 264 g/mol. The van der Waals surface area contributed by atoms with Crippen LogP contribution in [-0.2, 0) is 10.9 Å². The summed E-state index contributed by atoms with van der Waals surface area (Å²) in [6, 6.07) is 2.17. The van der Waals surface area contributed by atoms with Crippen LogP contribution in [0.3, 0.4) is 0 Å². The fraction of sp³-hybridized carbons (Fsp3) is 0.500. The Hall–Kier alpha value is -1.34. The van der Waals surface area contributed by atoms with Gasteiger partial charge >= 0.3 is 6.18 Å². The lowest BCUT2D eigenvalue weighted by atomic mass is 10.2. The topological polar surface area (TPSA) is 47.3 Å². The molecule has 3 nitrogen and oxygen atoms in total. The molecule has 0 aromatic heterocycles. The first-order chi connectivity index (χ1) is 8.84. The van der Waals surface area contributed by atoms with E-state index in [0.717, 1.165) is 12.1 Å². The minimum Gasteiger partial charge on any atom is -0.383 e. The molecule has 1 atom stereocenters. The second kappa shape index (κ2) is 6.72. The molecule has 0 aliphatic carbocycles. The van der Waals surface area contributed by atoms with Crippen molar-refractivity contribution in [2.75, 3.05) is 25.6 Å². The van der Waals surface area contributed by atoms with Gasteiger partial charge in [-0.25, -0.2) is 4.39 Å². The van der Waals surface area contributed by atoms with Crippen LogP contribution in [-0.4, -0.2) is 26.3 Å². The number of hydrogen-bond donors (Lipinski definition) is 2. The predicted molar refractivity (Wildman–Crippen MR) is 64.4 cm³/mol. The van der Waals surface area contributed by atoms with Crippen LogP contribution in [0.25, 0.3) is 0 Å². The molecule has 19 heavy (non-hydrogen) atoms. The Morgan fingerprint density at radius 1 is 1.37 bits per heavy atom. The first kappa shape index (κ1) is 15.7. The number of alkyl halides is 3. The lowest BCUT2D eigenvalue weighted by Crippen LogP contribution is -2.28. The van der Waals surface area contributed by atoms with Gasteiger partial charge in [-0.1, -0.05) is 0 Å². The average molecular weight is 280 g/mol. The monoisotopic (exact) mass is 280 g/mol. The van der Waals surface area contributed by atoms with Crippen LogP contribution in [0.2, 0.25) is 0 Å². The van der Waals surface area contributed by atoms with Crippen molar-refractivity contribution in [3.05, 3.63) is 29.6 Å². The second-order valence-electron chi connectivity index (χ2n) is 4.12. The Morgan fingerprint density at radius 2 is 2.05 bits per heavy atom. The summed E-state index contributed by atoms with van der Waals surface area (Å²) in [5.41, 5.74) is 4.68. The van der Waals surface area contributed by atoms with Crippen LogP contribution in [0.5, 0.6) is 0 Å². The van der Waals surface area contributed by atoms with Gasteiger partial charge in [0.2, 0.25) is 0 Å². The third-order valence-corrected chi connectivity index (χ3v) is 2.51. The van der Waals surface area contributed by atoms with Crippen LogP contribution in [0, 0.1) is 5.82 Å². The van der Waals surface area contributed by atoms with E-state index in [1.165, 1.54) is 7.11 Å². The summed E-state index contributed by atoms with van der Waals surface area (Å²) in [5, 5.41) is 2.70. The molecule has 0 saturated carbocycles. The summed E-state index contributed by atoms with van der Waals surface area (Å²) in [7, 11) is 1.52. The molecule has 0 spiro atoms. The second-order valence-corrected chi connectivity index (χ2v) is 4.12. The maximum absolute atomic E-state index is 13.4. The first-order valence-corrected chi connectivity index (χ1v) is 5.69. The van der Waals surface area contributed by atoms with E-state index in [9.17, 15) is 17.6 Å². The van der Waals surface area contributed by atoms with E-state index in [1.807, 2.05) is 0 Å². The van der Waals surface area contributed by atoms with Gasteiger partial charge in [-0.15, -0.1) is 0 Å². The lowest BCUT2D eigenvalue weighted by Gasteiger charge is -2.13. The summed E-state index contributed by atoms with van der Waals surface area (Å²) < 4.78 is 55.2. The summed E-state index contributed by atoms with van der Waals surface area (Å²) in [5.74, 6) is -0.935. The van der Waals surface area contributed by atoms with E-state index in [0.29, 0.717) is 25.6 Å². The van der Waals surface area contributed by atoms with Gasteiger partial charge in [0.1, 0.15) is 5.82 Å². The van der Waals surface area contributed by atoms with Gasteiger partial charge in [0.15, 0.2) is 0 Å². The summed E-state index contributed by atoms with van der Waals surface area (Å²) in [4.78, 5) is 0. The molecule has 108 valence electrons. The highest BCUT2D eigenvalue weighted by molar-refractivity contribution is 5.46. The van der Waals surface area contributed by atoms with Crippen molar-refractivity contribution in [1.29, 1.82) is 0 Å². The maximum Gasteiger partial charge on any atom is 0.416 e. The zero-order chi connectivity index (χ0) is 14.5. The Kier molecular flexibility index (Phi) is 5.56. The van der Waals surface area contributed by atoms with Crippen molar-refractivity contribution < 1.29 is 22.3 Å². The largest absolute Gasteiger partial charge is 0.416 e. The molecule has 1 aromatic carbocycles. The summed E-state index contributed by atoms with van der Waals surface area (Å²) >= 11 is 0. The van der Waals surface area contributed by atoms with Crippen LogP contribution < -0.4 is 11.1 Å². The van der Waals surface area contributed by atoms with Gasteiger partial charge in [-0.2, -0.15) is 13.2 Å². The highest BCUT2D eigenvalue weighted by Crippen LogP contribution is 2.31. The molecule has 1 unspecified atom stereocenters. The number of methoxy groups -OCH3 is 1. The molecule has 0 radical (unpaired) electrons. The Labute approximate surface area is 108 Å². The minimum atomic E-state index is -4.54. The van der Waals surface area contributed by atoms with E-state index in [4.69, 9.17) is 10.5 Å². The SMILES string of the molecule is COCC(N)CCNc1ccc(C(F)(F)F)cc1F. The molecule has 0 fully saturated rings. The van der Waals surface area contributed by atoms with Crippen LogP contribution >= 0.6 is 0 Å². The van der Waals surface area contributed by atoms with Gasteiger partial charge in [0.25, 0.3) is 0 Å². The van der Waals surface area contributed by atoms with Gasteiger partial charge in [0.05, 0.1) is 17.9 Å². The lowest BCUT2D eigenvalue weighted by molar-refractivity contribution is -0.137. The number of nitrogens with two attached hydrogens (primary N) is 1. The first-order valence-electron chi connectivity index (χ1n) is 5.69. The molecule has 0 heterocycles. The zero-order valence-corrected chi connectivity index (χ0v) is 10.4. The molecule has 0 aliphatic heterocycles. The molecular formula is C12H16F4N2O. The van der Waals surface area contributed by atoms with Crippen LogP contribution in [0.1, 0.15) is 12.0 Å². The fourth-order valence-electron chi connectivity index (χ4n) is 1.52. The van der Waals surface area contributed by atoms with Crippen LogP contribution in [0.4, 0.5) is 23.2 Å². The molecule has 0 saturated heterocycles. The molecule has 1 rings (SSSR count). The minimum absolute atomic E-state index is 0.0256. The highest BCUT2D eigenvalue weighted by atomic mass is 19.4. The van der Waals surface area contributed by atoms with Crippen molar-refractivity contribution in [1.82, 2.24) is 0 Å². The maximum atomic E-state index is 13.4. The van der Waals surface area contributed by atoms with E-state index in [2.05, 4.69) is 5.32 Å². The molecule has 0 bridgehead atoms. The normalized spacial score (nSPS) is 13.4. The van der Waals surface area contributed by atoms with Crippen molar-refractivity contribution in [3.8, 4) is 0 Å². The smallest absolute Gasteiger partial charge is 0.383 e. The number of benzene rings is 1. The van der Waals surface area contributed by atoms with Crippen molar-refractivity contribution in [3.63, 3.8) is 0 Å². The predicted octanol–water partition coefficient (Wildman–Crippen LogP) is 2.62. The summed E-state index contributed by atoms with van der Waals surface area (Å²) in [6.45, 7) is 0.726. The number of rotatable bonds is 6. The molecule has 1 aromatic rings. The Bertz CT molecular complexity index is 409. The number of hydrogen-bond acceptors (Lipinski definition) is 3. The van der Waals surface area contributed by atoms with E-state index in [-0.39, 0.29) is 11.7 Å². The van der Waals surface area contributed by atoms with Crippen molar-refractivity contribution >= 4 is 5.69 Å². The number of nitrogens with one attached hydrogen (secondary N) is 1. The fourth-order valence-corrected chi connectivity index (χ4v) is 1.52. The standard InChI is InChI=1S/C12H16F4N2O/c1-19-7-9(17)4-5-18-11-3-2-8(6-10(11)13)12(14,15)16/h2-3,6,9,18H,4-5,7,17H2,1H3. The molecule has 0 amide bonds. The highest BCUT2D eigenvalue weighted by Gasteiger charge is 2.31. The van der Waals surface area contributed by atoms with Gasteiger partial charge in [-0.05, 0) is 24.6 Å². The van der Waals surface area contributed by atoms with E-state index < -0.39 is 17.6 Å². The summed E-state index contributed by atoms with van der Waals surface area (Å²) in [6.07, 6.45) is -4.02. The van der Waals surface area contributed by atoms with E-state index in [1.54, 1.807) is 0 Å². The Morgan fingerprint density at radius 3 is 2.58 bits per heavy atom. The van der Waals surface area contributed by atoms with Gasteiger partial charge in [0, 0.05) is 19.7 Å². The number of halogens is 4. The third-order valence-electron chi connectivity index (χ3n) is 2.51. The van der Waals surface area contributed by atoms with Gasteiger partial charge in [-0.3, -0.25) is 0 Å². The molecule has 0 aliphatic rings. The quantitative estimate of drug-likeness (QED) is 0.787. The Balaban J connectivity index is 2.56. The van der Waals surface area contributed by atoms with Crippen molar-refractivity contribution in [2.45, 2.75) is 18.6 Å². The zero-order valence-electron chi connectivity index (χ0n) is 10.4. The molecule has 7 heteroatoms. The van der Waals surface area contributed by atoms with E-state index >= 15 is 0 Å².